The number of ether oxygens (including phenoxy) is 5. The molecule has 27 heavy (non-hydrogen) atoms. The molecule has 1 aromatic carbocycles. The van der Waals surface area contributed by atoms with Gasteiger partial charge in [0.15, 0.2) is 17.9 Å². The van der Waals surface area contributed by atoms with Crippen LogP contribution in [-0.4, -0.2) is 47.5 Å². The van der Waals surface area contributed by atoms with Crippen LogP contribution in [0.25, 0.3) is 0 Å². The largest absolute Gasteiger partial charge is 0.348 e. The van der Waals surface area contributed by atoms with E-state index in [1.165, 1.54) is 0 Å². The van der Waals surface area contributed by atoms with Crippen molar-refractivity contribution in [2.45, 2.75) is 79.9 Å². The highest BCUT2D eigenvalue weighted by Gasteiger charge is 2.66. The molecule has 3 heterocycles. The van der Waals surface area contributed by atoms with Gasteiger partial charge in [-0.1, -0.05) is 18.2 Å². The van der Waals surface area contributed by atoms with E-state index in [2.05, 4.69) is 6.07 Å². The molecule has 0 radical (unpaired) electrons. The Morgan fingerprint density at radius 2 is 1.78 bits per heavy atom. The molecule has 7 heteroatoms. The standard InChI is InChI=1S/C20H25NO5S/c1-18(2)22-12-14(24-18)15-20(10-11-21,27-13-8-6-5-7-9-13)16-17(23-15)26-19(3,4)25-16/h5-9,14-17H,10,12H2,1-4H3/t14-,15-,16+,17-,20+/m1/s1. The minimum absolute atomic E-state index is 0.248. The first-order chi connectivity index (χ1) is 12.7. The topological polar surface area (TPSA) is 69.9 Å². The summed E-state index contributed by atoms with van der Waals surface area (Å²) in [6, 6.07) is 12.4. The summed E-state index contributed by atoms with van der Waals surface area (Å²) in [5.41, 5.74) is 0. The third-order valence-corrected chi connectivity index (χ3v) is 6.57. The van der Waals surface area contributed by atoms with Crippen molar-refractivity contribution in [3.8, 4) is 6.07 Å². The van der Waals surface area contributed by atoms with E-state index >= 15 is 0 Å². The van der Waals surface area contributed by atoms with E-state index in [0.29, 0.717) is 6.61 Å². The van der Waals surface area contributed by atoms with E-state index in [4.69, 9.17) is 23.7 Å². The smallest absolute Gasteiger partial charge is 0.189 e. The van der Waals surface area contributed by atoms with Crippen LogP contribution in [-0.2, 0) is 23.7 Å². The highest BCUT2D eigenvalue weighted by atomic mass is 32.2. The van der Waals surface area contributed by atoms with E-state index in [-0.39, 0.29) is 18.6 Å². The van der Waals surface area contributed by atoms with Crippen molar-refractivity contribution in [3.63, 3.8) is 0 Å². The fourth-order valence-electron chi connectivity index (χ4n) is 4.03. The Kier molecular flexibility index (Phi) is 4.78. The molecule has 146 valence electrons. The van der Waals surface area contributed by atoms with Crippen LogP contribution in [0.3, 0.4) is 0 Å². The summed E-state index contributed by atoms with van der Waals surface area (Å²) >= 11 is 1.61. The molecular formula is C20H25NO5S. The first-order valence-corrected chi connectivity index (χ1v) is 10.0. The van der Waals surface area contributed by atoms with Crippen LogP contribution < -0.4 is 0 Å². The summed E-state index contributed by atoms with van der Waals surface area (Å²) in [5, 5.41) is 9.70. The normalized spacial score (nSPS) is 39.2. The van der Waals surface area contributed by atoms with Gasteiger partial charge in [-0.05, 0) is 39.8 Å². The molecule has 3 aliphatic rings. The second-order valence-corrected chi connectivity index (χ2v) is 9.49. The predicted molar refractivity (Wildman–Crippen MR) is 98.9 cm³/mol. The highest BCUT2D eigenvalue weighted by Crippen LogP contribution is 2.55. The van der Waals surface area contributed by atoms with Crippen LogP contribution in [0.4, 0.5) is 0 Å². The Hall–Kier alpha value is -1.14. The van der Waals surface area contributed by atoms with Gasteiger partial charge in [-0.15, -0.1) is 11.8 Å². The Balaban J connectivity index is 1.72. The maximum Gasteiger partial charge on any atom is 0.189 e. The number of hydrogen-bond acceptors (Lipinski definition) is 7. The Morgan fingerprint density at radius 3 is 2.41 bits per heavy atom. The molecule has 0 amide bonds. The number of fused-ring (bicyclic) bond motifs is 1. The Labute approximate surface area is 164 Å². The van der Waals surface area contributed by atoms with E-state index in [1.807, 2.05) is 58.0 Å². The van der Waals surface area contributed by atoms with Crippen LogP contribution in [0.15, 0.2) is 35.2 Å². The molecule has 6 nitrogen and oxygen atoms in total. The summed E-state index contributed by atoms with van der Waals surface area (Å²) in [6.07, 6.45) is -1.37. The molecule has 3 saturated heterocycles. The van der Waals surface area contributed by atoms with E-state index in [9.17, 15) is 5.26 Å². The molecule has 0 saturated carbocycles. The Bertz CT molecular complexity index is 734. The maximum absolute atomic E-state index is 9.70. The molecule has 0 N–H and O–H groups in total. The molecule has 0 bridgehead atoms. The number of nitrogens with zero attached hydrogens (tertiary/aromatic N) is 1. The van der Waals surface area contributed by atoms with Crippen LogP contribution >= 0.6 is 11.8 Å². The molecule has 4 rings (SSSR count). The second-order valence-electron chi connectivity index (χ2n) is 8.05. The van der Waals surface area contributed by atoms with Gasteiger partial charge in [0.1, 0.15) is 18.3 Å². The molecule has 1 aromatic rings. The number of nitriles is 1. The van der Waals surface area contributed by atoms with Crippen molar-refractivity contribution >= 4 is 11.8 Å². The minimum atomic E-state index is -0.759. The van der Waals surface area contributed by atoms with E-state index in [0.717, 1.165) is 4.90 Å². The lowest BCUT2D eigenvalue weighted by Gasteiger charge is -2.38. The molecule has 0 aromatic heterocycles. The summed E-state index contributed by atoms with van der Waals surface area (Å²) in [7, 11) is 0. The zero-order valence-corrected chi connectivity index (χ0v) is 16.8. The van der Waals surface area contributed by atoms with Gasteiger partial charge in [0.2, 0.25) is 0 Å². The zero-order valence-electron chi connectivity index (χ0n) is 16.0. The van der Waals surface area contributed by atoms with Crippen molar-refractivity contribution < 1.29 is 23.7 Å². The van der Waals surface area contributed by atoms with Crippen molar-refractivity contribution in [1.82, 2.24) is 0 Å². The molecule has 0 spiro atoms. The van der Waals surface area contributed by atoms with E-state index in [1.54, 1.807) is 11.8 Å². The molecular weight excluding hydrogens is 366 g/mol. The summed E-state index contributed by atoms with van der Waals surface area (Å²) in [6.45, 7) is 7.91. The fraction of sp³-hybridized carbons (Fsp3) is 0.650. The molecule has 3 fully saturated rings. The van der Waals surface area contributed by atoms with Gasteiger partial charge in [-0.2, -0.15) is 5.26 Å². The summed E-state index contributed by atoms with van der Waals surface area (Å²) in [5.74, 6) is -1.44. The first kappa shape index (κ1) is 19.2. The van der Waals surface area contributed by atoms with Gasteiger partial charge in [-0.3, -0.25) is 0 Å². The lowest BCUT2D eigenvalue weighted by molar-refractivity contribution is -0.224. The van der Waals surface area contributed by atoms with Gasteiger partial charge < -0.3 is 23.7 Å². The lowest BCUT2D eigenvalue weighted by Crippen LogP contribution is -2.51. The number of hydrogen-bond donors (Lipinski definition) is 0. The van der Waals surface area contributed by atoms with Crippen molar-refractivity contribution in [2.75, 3.05) is 6.61 Å². The van der Waals surface area contributed by atoms with Gasteiger partial charge in [0.25, 0.3) is 0 Å². The minimum Gasteiger partial charge on any atom is -0.348 e. The average molecular weight is 391 g/mol. The monoisotopic (exact) mass is 391 g/mol. The molecule has 5 atom stereocenters. The highest BCUT2D eigenvalue weighted by molar-refractivity contribution is 8.00. The average Bonchev–Trinajstić information content (AvgIpc) is 3.19. The molecule has 0 unspecified atom stereocenters. The Morgan fingerprint density at radius 1 is 1.04 bits per heavy atom. The predicted octanol–water partition coefficient (Wildman–Crippen LogP) is 3.46. The van der Waals surface area contributed by atoms with E-state index < -0.39 is 28.7 Å². The van der Waals surface area contributed by atoms with Crippen molar-refractivity contribution in [3.05, 3.63) is 30.3 Å². The van der Waals surface area contributed by atoms with Crippen LogP contribution in [0.2, 0.25) is 0 Å². The van der Waals surface area contributed by atoms with Gasteiger partial charge >= 0.3 is 0 Å². The lowest BCUT2D eigenvalue weighted by atomic mass is 9.90. The SMILES string of the molecule is CC1(C)OC[C@H]([C@H]2O[C@@H]3OC(C)(C)O[C@@H]3[C@@]2(CC#N)Sc2ccccc2)O1. The molecule has 3 aliphatic heterocycles. The van der Waals surface area contributed by atoms with Crippen LogP contribution in [0.1, 0.15) is 34.1 Å². The summed E-state index contributed by atoms with van der Waals surface area (Å²) in [4.78, 5) is 1.05. The molecule has 0 aliphatic carbocycles. The van der Waals surface area contributed by atoms with Crippen molar-refractivity contribution in [2.24, 2.45) is 0 Å². The number of benzene rings is 1. The zero-order chi connectivity index (χ0) is 19.3. The van der Waals surface area contributed by atoms with Crippen LogP contribution in [0.5, 0.6) is 0 Å². The van der Waals surface area contributed by atoms with Crippen molar-refractivity contribution in [1.29, 1.82) is 5.26 Å². The second kappa shape index (κ2) is 6.73. The fourth-order valence-corrected chi connectivity index (χ4v) is 5.50. The maximum atomic E-state index is 9.70. The number of thioether (sulfide) groups is 1. The van der Waals surface area contributed by atoms with Gasteiger partial charge in [-0.25, -0.2) is 0 Å². The van der Waals surface area contributed by atoms with Gasteiger partial charge in [0, 0.05) is 4.90 Å². The third kappa shape index (κ3) is 3.51. The van der Waals surface area contributed by atoms with Crippen LogP contribution in [0, 0.1) is 11.3 Å². The first-order valence-electron chi connectivity index (χ1n) is 9.19. The number of rotatable bonds is 4. The summed E-state index contributed by atoms with van der Waals surface area (Å²) < 4.78 is 29.8. The quantitative estimate of drug-likeness (QED) is 0.778. The third-order valence-electron chi connectivity index (χ3n) is 5.08. The van der Waals surface area contributed by atoms with Gasteiger partial charge in [0.05, 0.1) is 23.8 Å².